The molecule has 0 bridgehead atoms. The molecular formula is C12H10FIN4O. The summed E-state index contributed by atoms with van der Waals surface area (Å²) >= 11 is 1.83. The zero-order valence-electron chi connectivity index (χ0n) is 9.65. The lowest BCUT2D eigenvalue weighted by Crippen LogP contribution is -2.18. The van der Waals surface area contributed by atoms with Crippen LogP contribution in [-0.4, -0.2) is 10.9 Å². The summed E-state index contributed by atoms with van der Waals surface area (Å²) in [4.78, 5) is 15.9. The monoisotopic (exact) mass is 372 g/mol. The van der Waals surface area contributed by atoms with Gasteiger partial charge >= 0.3 is 0 Å². The maximum absolute atomic E-state index is 13.4. The molecule has 19 heavy (non-hydrogen) atoms. The van der Waals surface area contributed by atoms with Gasteiger partial charge in [-0.3, -0.25) is 15.6 Å². The van der Waals surface area contributed by atoms with E-state index in [1.165, 1.54) is 24.5 Å². The highest BCUT2D eigenvalue weighted by Crippen LogP contribution is 2.22. The highest BCUT2D eigenvalue weighted by atomic mass is 127. The third kappa shape index (κ3) is 2.99. The molecule has 0 spiro atoms. The number of nitrogens with zero attached hydrogens (tertiary/aromatic N) is 1. The summed E-state index contributed by atoms with van der Waals surface area (Å²) in [5, 5.41) is 2.62. The number of aromatic nitrogens is 1. The zero-order valence-corrected chi connectivity index (χ0v) is 11.8. The minimum atomic E-state index is -0.412. The molecule has 0 atom stereocenters. The first-order valence-electron chi connectivity index (χ1n) is 5.29. The van der Waals surface area contributed by atoms with E-state index in [2.05, 4.69) is 15.7 Å². The van der Waals surface area contributed by atoms with Crippen molar-refractivity contribution >= 4 is 39.9 Å². The van der Waals surface area contributed by atoms with E-state index in [9.17, 15) is 9.18 Å². The molecule has 0 aliphatic heterocycles. The lowest BCUT2D eigenvalue weighted by Gasteiger charge is -2.10. The van der Waals surface area contributed by atoms with Crippen LogP contribution in [0.15, 0.2) is 36.7 Å². The summed E-state index contributed by atoms with van der Waals surface area (Å²) in [5.74, 6) is 4.52. The van der Waals surface area contributed by atoms with E-state index in [1.807, 2.05) is 22.6 Å². The average Bonchev–Trinajstić information content (AvgIpc) is 2.43. The fourth-order valence-corrected chi connectivity index (χ4v) is 1.99. The normalized spacial score (nSPS) is 10.1. The number of rotatable bonds is 3. The predicted molar refractivity (Wildman–Crippen MR) is 79.1 cm³/mol. The summed E-state index contributed by atoms with van der Waals surface area (Å²) in [6, 6.07) is 6.05. The summed E-state index contributed by atoms with van der Waals surface area (Å²) < 4.78 is 13.7. The molecule has 0 fully saturated rings. The van der Waals surface area contributed by atoms with Gasteiger partial charge in [-0.15, -0.1) is 0 Å². The third-order valence-corrected chi connectivity index (χ3v) is 3.52. The number of carbonyl (C=O) groups is 1. The molecule has 2 aromatic rings. The van der Waals surface area contributed by atoms with Crippen LogP contribution in [0.1, 0.15) is 10.4 Å². The van der Waals surface area contributed by atoms with Crippen molar-refractivity contribution in [3.05, 3.63) is 51.6 Å². The predicted octanol–water partition coefficient (Wildman–Crippen LogP) is 2.36. The minimum Gasteiger partial charge on any atom is -0.323 e. The molecule has 0 aliphatic rings. The molecule has 1 heterocycles. The molecule has 98 valence electrons. The lowest BCUT2D eigenvalue weighted by atomic mass is 10.2. The van der Waals surface area contributed by atoms with Crippen molar-refractivity contribution in [2.75, 3.05) is 10.7 Å². The fraction of sp³-hybridized carbons (Fsp3) is 0. The van der Waals surface area contributed by atoms with Crippen molar-refractivity contribution in [3.63, 3.8) is 0 Å². The molecule has 0 saturated heterocycles. The Morgan fingerprint density at radius 3 is 2.84 bits per heavy atom. The third-order valence-electron chi connectivity index (χ3n) is 2.42. The van der Waals surface area contributed by atoms with E-state index >= 15 is 0 Å². The van der Waals surface area contributed by atoms with E-state index < -0.39 is 5.91 Å². The van der Waals surface area contributed by atoms with Crippen molar-refractivity contribution in [2.24, 2.45) is 5.84 Å². The highest BCUT2D eigenvalue weighted by molar-refractivity contribution is 14.1. The van der Waals surface area contributed by atoms with Gasteiger partial charge in [-0.25, -0.2) is 4.39 Å². The second kappa shape index (κ2) is 5.93. The molecule has 2 rings (SSSR count). The molecule has 1 amide bonds. The van der Waals surface area contributed by atoms with Gasteiger partial charge in [0.1, 0.15) is 5.82 Å². The SMILES string of the molecule is NNc1ccncc1C(=O)Nc1cccc(F)c1I. The van der Waals surface area contributed by atoms with Gasteiger partial charge in [0.15, 0.2) is 0 Å². The summed E-state index contributed by atoms with van der Waals surface area (Å²) in [6.45, 7) is 0. The highest BCUT2D eigenvalue weighted by Gasteiger charge is 2.13. The number of pyridine rings is 1. The molecule has 1 aromatic heterocycles. The first kappa shape index (κ1) is 13.7. The number of amides is 1. The first-order valence-corrected chi connectivity index (χ1v) is 6.37. The van der Waals surface area contributed by atoms with E-state index in [4.69, 9.17) is 5.84 Å². The molecule has 0 aliphatic carbocycles. The van der Waals surface area contributed by atoms with Crippen LogP contribution in [-0.2, 0) is 0 Å². The fourth-order valence-electron chi connectivity index (χ4n) is 1.49. The van der Waals surface area contributed by atoms with Gasteiger partial charge in [0.05, 0.1) is 20.5 Å². The summed E-state index contributed by atoms with van der Waals surface area (Å²) in [6.07, 6.45) is 2.90. The van der Waals surface area contributed by atoms with Gasteiger partial charge < -0.3 is 10.7 Å². The van der Waals surface area contributed by atoms with Gasteiger partial charge in [0.2, 0.25) is 0 Å². The van der Waals surface area contributed by atoms with E-state index in [0.717, 1.165) is 0 Å². The number of nitrogens with two attached hydrogens (primary N) is 1. The molecule has 0 unspecified atom stereocenters. The number of benzene rings is 1. The quantitative estimate of drug-likeness (QED) is 0.439. The number of nitrogen functional groups attached to an aromatic ring is 1. The van der Waals surface area contributed by atoms with Crippen molar-refractivity contribution in [3.8, 4) is 0 Å². The largest absolute Gasteiger partial charge is 0.323 e. The zero-order chi connectivity index (χ0) is 13.8. The number of hydrogen-bond acceptors (Lipinski definition) is 4. The Kier molecular flexibility index (Phi) is 4.27. The topological polar surface area (TPSA) is 80.0 Å². The van der Waals surface area contributed by atoms with Crippen molar-refractivity contribution in [1.82, 2.24) is 4.98 Å². The maximum atomic E-state index is 13.4. The van der Waals surface area contributed by atoms with E-state index in [1.54, 1.807) is 12.1 Å². The van der Waals surface area contributed by atoms with Crippen LogP contribution in [0.2, 0.25) is 0 Å². The Labute approximate surface area is 122 Å². The number of anilines is 2. The molecule has 1 aromatic carbocycles. The Balaban J connectivity index is 2.28. The number of halogens is 2. The van der Waals surface area contributed by atoms with Crippen LogP contribution in [0.4, 0.5) is 15.8 Å². The van der Waals surface area contributed by atoms with Gasteiger partial charge in [0.25, 0.3) is 5.91 Å². The minimum absolute atomic E-state index is 0.282. The van der Waals surface area contributed by atoms with Crippen LogP contribution in [0.5, 0.6) is 0 Å². The first-order chi connectivity index (χ1) is 9.13. The van der Waals surface area contributed by atoms with Gasteiger partial charge in [-0.2, -0.15) is 0 Å². The number of carbonyl (C=O) groups excluding carboxylic acids is 1. The molecule has 4 N–H and O–H groups in total. The second-order valence-electron chi connectivity index (χ2n) is 3.62. The molecular weight excluding hydrogens is 362 g/mol. The van der Waals surface area contributed by atoms with Crippen molar-refractivity contribution in [2.45, 2.75) is 0 Å². The second-order valence-corrected chi connectivity index (χ2v) is 4.70. The molecule has 7 heteroatoms. The number of nitrogens with one attached hydrogen (secondary N) is 2. The van der Waals surface area contributed by atoms with Crippen molar-refractivity contribution in [1.29, 1.82) is 0 Å². The van der Waals surface area contributed by atoms with Crippen LogP contribution < -0.4 is 16.6 Å². The van der Waals surface area contributed by atoms with Gasteiger partial charge in [-0.1, -0.05) is 6.07 Å². The molecule has 0 saturated carbocycles. The van der Waals surface area contributed by atoms with E-state index in [-0.39, 0.29) is 11.4 Å². The number of hydrogen-bond donors (Lipinski definition) is 3. The Hall–Kier alpha value is -1.74. The van der Waals surface area contributed by atoms with Gasteiger partial charge in [-0.05, 0) is 40.8 Å². The lowest BCUT2D eigenvalue weighted by molar-refractivity contribution is 0.102. The summed E-state index contributed by atoms with van der Waals surface area (Å²) in [5.41, 5.74) is 3.54. The smallest absolute Gasteiger partial charge is 0.259 e. The molecule has 0 radical (unpaired) electrons. The van der Waals surface area contributed by atoms with Crippen LogP contribution in [0.3, 0.4) is 0 Å². The number of hydrazine groups is 1. The average molecular weight is 372 g/mol. The van der Waals surface area contributed by atoms with E-state index in [0.29, 0.717) is 14.9 Å². The molecule has 5 nitrogen and oxygen atoms in total. The Morgan fingerprint density at radius 1 is 1.32 bits per heavy atom. The maximum Gasteiger partial charge on any atom is 0.259 e. The van der Waals surface area contributed by atoms with Crippen LogP contribution in [0, 0.1) is 9.39 Å². The summed E-state index contributed by atoms with van der Waals surface area (Å²) in [7, 11) is 0. The van der Waals surface area contributed by atoms with Crippen LogP contribution >= 0.6 is 22.6 Å². The Bertz CT molecular complexity index is 620. The van der Waals surface area contributed by atoms with Crippen LogP contribution in [0.25, 0.3) is 0 Å². The van der Waals surface area contributed by atoms with Gasteiger partial charge in [0, 0.05) is 12.4 Å². The Morgan fingerprint density at radius 2 is 2.11 bits per heavy atom. The standard InChI is InChI=1S/C12H10FIN4O/c13-8-2-1-3-10(11(8)14)17-12(19)7-6-16-5-4-9(7)18-15/h1-6H,15H2,(H,16,18)(H,17,19). The van der Waals surface area contributed by atoms with Crippen molar-refractivity contribution < 1.29 is 9.18 Å².